The molecule has 0 unspecified atom stereocenters. The maximum atomic E-state index is 3.41. The molecule has 1 rings (SSSR count). The minimum atomic E-state index is 0.914. The van der Waals surface area contributed by atoms with Crippen molar-refractivity contribution in [1.29, 1.82) is 0 Å². The van der Waals surface area contributed by atoms with Crippen molar-refractivity contribution >= 4 is 5.69 Å². The third-order valence-electron chi connectivity index (χ3n) is 2.18. The van der Waals surface area contributed by atoms with Gasteiger partial charge in [-0.1, -0.05) is 43.7 Å². The Kier molecular flexibility index (Phi) is 4.84. The zero-order valence-electron chi connectivity index (χ0n) is 9.09. The third kappa shape index (κ3) is 3.25. The van der Waals surface area contributed by atoms with Gasteiger partial charge < -0.3 is 5.32 Å². The van der Waals surface area contributed by atoms with Crippen LogP contribution in [0.5, 0.6) is 0 Å². The summed E-state index contributed by atoms with van der Waals surface area (Å²) < 4.78 is 0. The zero-order chi connectivity index (χ0) is 10.2. The number of hydrogen-bond donors (Lipinski definition) is 1. The monoisotopic (exact) mass is 189 g/mol. The standard InChI is InChI=1S/C13H19N/c1-3-5-11-14-13-10-7-6-9-12(13)8-4-2/h3,5-7,9-10,14H,4,8,11H2,1-2H3/b5-3+. The number of nitrogens with one attached hydrogen (secondary N) is 1. The second kappa shape index (κ2) is 6.25. The fraction of sp³-hybridized carbons (Fsp3) is 0.385. The smallest absolute Gasteiger partial charge is 0.0375 e. The van der Waals surface area contributed by atoms with Crippen molar-refractivity contribution in [2.45, 2.75) is 26.7 Å². The van der Waals surface area contributed by atoms with Crippen molar-refractivity contribution in [3.63, 3.8) is 0 Å². The van der Waals surface area contributed by atoms with Crippen LogP contribution in [0.15, 0.2) is 36.4 Å². The molecule has 1 N–H and O–H groups in total. The van der Waals surface area contributed by atoms with Crippen LogP contribution in [0.4, 0.5) is 5.69 Å². The van der Waals surface area contributed by atoms with Gasteiger partial charge in [0.25, 0.3) is 0 Å². The van der Waals surface area contributed by atoms with E-state index in [4.69, 9.17) is 0 Å². The number of rotatable bonds is 5. The summed E-state index contributed by atoms with van der Waals surface area (Å²) >= 11 is 0. The van der Waals surface area contributed by atoms with Crippen molar-refractivity contribution in [3.05, 3.63) is 42.0 Å². The molecule has 0 spiro atoms. The molecule has 0 aliphatic rings. The predicted molar refractivity (Wildman–Crippen MR) is 63.7 cm³/mol. The Morgan fingerprint density at radius 2 is 2.07 bits per heavy atom. The number of hydrogen-bond acceptors (Lipinski definition) is 1. The van der Waals surface area contributed by atoms with Gasteiger partial charge in [0.15, 0.2) is 0 Å². The molecular formula is C13H19N. The molecule has 0 heterocycles. The molecule has 0 radical (unpaired) electrons. The lowest BCUT2D eigenvalue weighted by Gasteiger charge is -2.09. The van der Waals surface area contributed by atoms with E-state index < -0.39 is 0 Å². The van der Waals surface area contributed by atoms with E-state index in [0.717, 1.165) is 13.0 Å². The van der Waals surface area contributed by atoms with Crippen LogP contribution < -0.4 is 5.32 Å². The molecule has 1 aromatic rings. The van der Waals surface area contributed by atoms with E-state index in [2.05, 4.69) is 48.7 Å². The van der Waals surface area contributed by atoms with Gasteiger partial charge in [-0.3, -0.25) is 0 Å². The van der Waals surface area contributed by atoms with Gasteiger partial charge >= 0.3 is 0 Å². The SMILES string of the molecule is C/C=C/CNc1ccccc1CCC. The number of aryl methyl sites for hydroxylation is 1. The molecule has 14 heavy (non-hydrogen) atoms. The summed E-state index contributed by atoms with van der Waals surface area (Å²) in [6.07, 6.45) is 6.54. The first kappa shape index (κ1) is 10.8. The Labute approximate surface area is 86.8 Å². The molecule has 0 fully saturated rings. The minimum absolute atomic E-state index is 0.914. The van der Waals surface area contributed by atoms with Crippen molar-refractivity contribution < 1.29 is 0 Å². The van der Waals surface area contributed by atoms with E-state index in [9.17, 15) is 0 Å². The first-order valence-corrected chi connectivity index (χ1v) is 5.31. The summed E-state index contributed by atoms with van der Waals surface area (Å²) in [6, 6.07) is 8.53. The maximum absolute atomic E-state index is 3.41. The predicted octanol–water partition coefficient (Wildman–Crippen LogP) is 3.63. The summed E-state index contributed by atoms with van der Waals surface area (Å²) in [5.41, 5.74) is 2.69. The second-order valence-electron chi connectivity index (χ2n) is 3.36. The molecule has 0 aromatic heterocycles. The van der Waals surface area contributed by atoms with Gasteiger partial charge in [-0.25, -0.2) is 0 Å². The summed E-state index contributed by atoms with van der Waals surface area (Å²) in [4.78, 5) is 0. The molecule has 76 valence electrons. The van der Waals surface area contributed by atoms with Gasteiger partial charge in [0.2, 0.25) is 0 Å². The van der Waals surface area contributed by atoms with E-state index in [-0.39, 0.29) is 0 Å². The number of para-hydroxylation sites is 1. The second-order valence-corrected chi connectivity index (χ2v) is 3.36. The largest absolute Gasteiger partial charge is 0.381 e. The van der Waals surface area contributed by atoms with Gasteiger partial charge in [0.1, 0.15) is 0 Å². The molecular weight excluding hydrogens is 170 g/mol. The van der Waals surface area contributed by atoms with Crippen molar-refractivity contribution in [2.24, 2.45) is 0 Å². The molecule has 0 aliphatic carbocycles. The van der Waals surface area contributed by atoms with Crippen LogP contribution in [-0.4, -0.2) is 6.54 Å². The van der Waals surface area contributed by atoms with Gasteiger partial charge in [-0.15, -0.1) is 0 Å². The van der Waals surface area contributed by atoms with Crippen molar-refractivity contribution in [2.75, 3.05) is 11.9 Å². The van der Waals surface area contributed by atoms with E-state index in [0.29, 0.717) is 0 Å². The van der Waals surface area contributed by atoms with Crippen LogP contribution >= 0.6 is 0 Å². The summed E-state index contributed by atoms with van der Waals surface area (Å²) in [7, 11) is 0. The molecule has 0 atom stereocenters. The highest BCUT2D eigenvalue weighted by Gasteiger charge is 1.97. The molecule has 0 amide bonds. The fourth-order valence-electron chi connectivity index (χ4n) is 1.47. The lowest BCUT2D eigenvalue weighted by Crippen LogP contribution is -2.01. The van der Waals surface area contributed by atoms with E-state index >= 15 is 0 Å². The van der Waals surface area contributed by atoms with Crippen molar-refractivity contribution in [3.8, 4) is 0 Å². The van der Waals surface area contributed by atoms with Crippen LogP contribution in [0.2, 0.25) is 0 Å². The van der Waals surface area contributed by atoms with Crippen LogP contribution in [0.25, 0.3) is 0 Å². The van der Waals surface area contributed by atoms with Crippen molar-refractivity contribution in [1.82, 2.24) is 0 Å². The Bertz CT molecular complexity index is 289. The Morgan fingerprint density at radius 3 is 2.79 bits per heavy atom. The highest BCUT2D eigenvalue weighted by Crippen LogP contribution is 2.16. The zero-order valence-corrected chi connectivity index (χ0v) is 9.09. The Balaban J connectivity index is 2.63. The lowest BCUT2D eigenvalue weighted by molar-refractivity contribution is 0.922. The topological polar surface area (TPSA) is 12.0 Å². The number of benzene rings is 1. The Hall–Kier alpha value is -1.24. The van der Waals surface area contributed by atoms with E-state index in [1.807, 2.05) is 6.92 Å². The minimum Gasteiger partial charge on any atom is -0.381 e. The number of allylic oxidation sites excluding steroid dienone is 1. The van der Waals surface area contributed by atoms with Gasteiger partial charge in [-0.2, -0.15) is 0 Å². The molecule has 1 aromatic carbocycles. The average Bonchev–Trinajstić information content (AvgIpc) is 2.21. The van der Waals surface area contributed by atoms with E-state index in [1.54, 1.807) is 0 Å². The van der Waals surface area contributed by atoms with Gasteiger partial charge in [0.05, 0.1) is 0 Å². The highest BCUT2D eigenvalue weighted by molar-refractivity contribution is 5.51. The van der Waals surface area contributed by atoms with Crippen LogP contribution in [0, 0.1) is 0 Å². The Morgan fingerprint density at radius 1 is 1.29 bits per heavy atom. The fourth-order valence-corrected chi connectivity index (χ4v) is 1.47. The van der Waals surface area contributed by atoms with Crippen LogP contribution in [0.1, 0.15) is 25.8 Å². The summed E-state index contributed by atoms with van der Waals surface area (Å²) in [5, 5.41) is 3.41. The third-order valence-corrected chi connectivity index (χ3v) is 2.18. The van der Waals surface area contributed by atoms with Crippen LogP contribution in [-0.2, 0) is 6.42 Å². The molecule has 0 bridgehead atoms. The normalized spacial score (nSPS) is 10.7. The molecule has 0 aliphatic heterocycles. The molecule has 1 nitrogen and oxygen atoms in total. The summed E-state index contributed by atoms with van der Waals surface area (Å²) in [6.45, 7) is 5.17. The summed E-state index contributed by atoms with van der Waals surface area (Å²) in [5.74, 6) is 0. The first-order chi connectivity index (χ1) is 6.88. The van der Waals surface area contributed by atoms with Crippen LogP contribution in [0.3, 0.4) is 0 Å². The molecule has 0 saturated carbocycles. The lowest BCUT2D eigenvalue weighted by atomic mass is 10.1. The molecule has 0 saturated heterocycles. The van der Waals surface area contributed by atoms with Gasteiger partial charge in [-0.05, 0) is 25.0 Å². The first-order valence-electron chi connectivity index (χ1n) is 5.31. The van der Waals surface area contributed by atoms with E-state index in [1.165, 1.54) is 17.7 Å². The number of anilines is 1. The highest BCUT2D eigenvalue weighted by atomic mass is 14.9. The average molecular weight is 189 g/mol. The maximum Gasteiger partial charge on any atom is 0.0375 e. The van der Waals surface area contributed by atoms with Gasteiger partial charge in [0, 0.05) is 12.2 Å². The quantitative estimate of drug-likeness (QED) is 0.697. The molecule has 1 heteroatoms.